The Morgan fingerprint density at radius 1 is 1.53 bits per heavy atom. The maximum atomic E-state index is 9.06. The van der Waals surface area contributed by atoms with Crippen molar-refractivity contribution in [1.29, 1.82) is 5.26 Å². The molecular formula is C14H20N4O. The fourth-order valence-electron chi connectivity index (χ4n) is 2.54. The van der Waals surface area contributed by atoms with Crippen LogP contribution in [0.2, 0.25) is 0 Å². The lowest BCUT2D eigenvalue weighted by Gasteiger charge is -2.37. The number of nitrogens with one attached hydrogen (secondary N) is 2. The van der Waals surface area contributed by atoms with E-state index < -0.39 is 0 Å². The molecule has 0 atom stereocenters. The fourth-order valence-corrected chi connectivity index (χ4v) is 2.54. The summed E-state index contributed by atoms with van der Waals surface area (Å²) in [7, 11) is 1.74. The van der Waals surface area contributed by atoms with Gasteiger partial charge in [-0.3, -0.25) is 0 Å². The van der Waals surface area contributed by atoms with Crippen molar-refractivity contribution < 1.29 is 4.74 Å². The van der Waals surface area contributed by atoms with Crippen molar-refractivity contribution >= 4 is 5.82 Å². The van der Waals surface area contributed by atoms with Gasteiger partial charge in [0.1, 0.15) is 11.9 Å². The molecular weight excluding hydrogens is 240 g/mol. The second-order valence-corrected chi connectivity index (χ2v) is 5.05. The standard InChI is InChI=1S/C14H20N4O/c1-19-11-14(4-7-16-8-5-14)10-18-13-12(9-15)3-2-6-17-13/h2-3,6,16H,4-5,7-8,10-11H2,1H3,(H,17,18). The molecule has 2 rings (SSSR count). The first kappa shape index (κ1) is 13.8. The normalized spacial score (nSPS) is 17.7. The van der Waals surface area contributed by atoms with Crippen LogP contribution in [0.1, 0.15) is 18.4 Å². The Hall–Kier alpha value is -1.64. The average Bonchev–Trinajstić information content (AvgIpc) is 2.47. The number of methoxy groups -OCH3 is 1. The molecule has 19 heavy (non-hydrogen) atoms. The lowest BCUT2D eigenvalue weighted by Crippen LogP contribution is -2.44. The van der Waals surface area contributed by atoms with Crippen LogP contribution in [-0.2, 0) is 4.74 Å². The lowest BCUT2D eigenvalue weighted by molar-refractivity contribution is 0.0635. The van der Waals surface area contributed by atoms with Crippen LogP contribution < -0.4 is 10.6 Å². The van der Waals surface area contributed by atoms with Crippen LogP contribution in [-0.4, -0.2) is 38.3 Å². The molecule has 0 saturated carbocycles. The van der Waals surface area contributed by atoms with E-state index in [9.17, 15) is 0 Å². The van der Waals surface area contributed by atoms with E-state index >= 15 is 0 Å². The number of piperidine rings is 1. The van der Waals surface area contributed by atoms with Gasteiger partial charge in [-0.25, -0.2) is 4.98 Å². The van der Waals surface area contributed by atoms with Crippen molar-refractivity contribution in [3.8, 4) is 6.07 Å². The summed E-state index contributed by atoms with van der Waals surface area (Å²) in [5.74, 6) is 0.666. The second kappa shape index (κ2) is 6.50. The average molecular weight is 260 g/mol. The summed E-state index contributed by atoms with van der Waals surface area (Å²) in [4.78, 5) is 4.24. The Bertz CT molecular complexity index is 443. The Balaban J connectivity index is 2.04. The van der Waals surface area contributed by atoms with Crippen LogP contribution in [0.5, 0.6) is 0 Å². The number of nitrogens with zero attached hydrogens (tertiary/aromatic N) is 2. The number of rotatable bonds is 5. The van der Waals surface area contributed by atoms with Crippen molar-refractivity contribution in [2.75, 3.05) is 38.7 Å². The highest BCUT2D eigenvalue weighted by molar-refractivity contribution is 5.51. The van der Waals surface area contributed by atoms with Gasteiger partial charge in [0.25, 0.3) is 0 Å². The van der Waals surface area contributed by atoms with Crippen molar-refractivity contribution in [2.45, 2.75) is 12.8 Å². The Kier molecular flexibility index (Phi) is 4.72. The SMILES string of the molecule is COCC1(CNc2ncccc2C#N)CCNCC1. The number of ether oxygens (including phenoxy) is 1. The smallest absolute Gasteiger partial charge is 0.143 e. The number of nitriles is 1. The highest BCUT2D eigenvalue weighted by Gasteiger charge is 2.32. The summed E-state index contributed by atoms with van der Waals surface area (Å²) in [6.07, 6.45) is 3.85. The van der Waals surface area contributed by atoms with E-state index in [1.165, 1.54) is 0 Å². The van der Waals surface area contributed by atoms with Crippen LogP contribution in [0.15, 0.2) is 18.3 Å². The maximum absolute atomic E-state index is 9.06. The molecule has 0 radical (unpaired) electrons. The third-order valence-corrected chi connectivity index (χ3v) is 3.67. The molecule has 0 aromatic carbocycles. The molecule has 0 spiro atoms. The molecule has 1 aromatic heterocycles. The van der Waals surface area contributed by atoms with Crippen molar-refractivity contribution in [2.24, 2.45) is 5.41 Å². The first-order valence-corrected chi connectivity index (χ1v) is 6.58. The molecule has 1 fully saturated rings. The molecule has 1 saturated heterocycles. The van der Waals surface area contributed by atoms with Gasteiger partial charge in [0.05, 0.1) is 12.2 Å². The predicted molar refractivity (Wildman–Crippen MR) is 73.9 cm³/mol. The van der Waals surface area contributed by atoms with E-state index in [4.69, 9.17) is 10.00 Å². The largest absolute Gasteiger partial charge is 0.384 e. The number of anilines is 1. The van der Waals surface area contributed by atoms with E-state index in [-0.39, 0.29) is 5.41 Å². The van der Waals surface area contributed by atoms with Crippen LogP contribution in [0.3, 0.4) is 0 Å². The predicted octanol–water partition coefficient (Wildman–Crippen LogP) is 1.38. The van der Waals surface area contributed by atoms with Gasteiger partial charge in [-0.15, -0.1) is 0 Å². The van der Waals surface area contributed by atoms with Gasteiger partial charge in [0.2, 0.25) is 0 Å². The summed E-state index contributed by atoms with van der Waals surface area (Å²) in [6, 6.07) is 5.71. The molecule has 5 nitrogen and oxygen atoms in total. The molecule has 0 amide bonds. The monoisotopic (exact) mass is 260 g/mol. The lowest BCUT2D eigenvalue weighted by atomic mass is 9.79. The van der Waals surface area contributed by atoms with Crippen molar-refractivity contribution in [3.05, 3.63) is 23.9 Å². The number of hydrogen-bond acceptors (Lipinski definition) is 5. The first-order valence-electron chi connectivity index (χ1n) is 6.58. The van der Waals surface area contributed by atoms with Crippen LogP contribution >= 0.6 is 0 Å². The summed E-state index contributed by atoms with van der Waals surface area (Å²) >= 11 is 0. The molecule has 0 bridgehead atoms. The third-order valence-electron chi connectivity index (χ3n) is 3.67. The molecule has 2 heterocycles. The Labute approximate surface area is 114 Å². The maximum Gasteiger partial charge on any atom is 0.143 e. The van der Waals surface area contributed by atoms with Gasteiger partial charge < -0.3 is 15.4 Å². The Morgan fingerprint density at radius 3 is 3.00 bits per heavy atom. The van der Waals surface area contributed by atoms with Crippen molar-refractivity contribution in [3.63, 3.8) is 0 Å². The number of hydrogen-bond donors (Lipinski definition) is 2. The Morgan fingerprint density at radius 2 is 2.32 bits per heavy atom. The first-order chi connectivity index (χ1) is 9.29. The van der Waals surface area contributed by atoms with Crippen LogP contribution in [0.4, 0.5) is 5.82 Å². The molecule has 2 N–H and O–H groups in total. The minimum absolute atomic E-state index is 0.129. The minimum atomic E-state index is 0.129. The molecule has 1 aromatic rings. The van der Waals surface area contributed by atoms with Crippen LogP contribution in [0.25, 0.3) is 0 Å². The quantitative estimate of drug-likeness (QED) is 0.837. The summed E-state index contributed by atoms with van der Waals surface area (Å²) in [5.41, 5.74) is 0.716. The van der Waals surface area contributed by atoms with E-state index in [1.54, 1.807) is 25.4 Å². The molecule has 0 unspecified atom stereocenters. The summed E-state index contributed by atoms with van der Waals surface area (Å²) in [5, 5.41) is 15.7. The highest BCUT2D eigenvalue weighted by atomic mass is 16.5. The molecule has 102 valence electrons. The van der Waals surface area contributed by atoms with Gasteiger partial charge in [-0.2, -0.15) is 5.26 Å². The molecule has 0 aliphatic carbocycles. The van der Waals surface area contributed by atoms with Crippen molar-refractivity contribution in [1.82, 2.24) is 10.3 Å². The fraction of sp³-hybridized carbons (Fsp3) is 0.571. The third kappa shape index (κ3) is 3.43. The summed E-state index contributed by atoms with van der Waals surface area (Å²) < 4.78 is 5.38. The van der Waals surface area contributed by atoms with E-state index in [1.807, 2.05) is 0 Å². The van der Waals surface area contributed by atoms with E-state index in [2.05, 4.69) is 21.7 Å². The van der Waals surface area contributed by atoms with Crippen LogP contribution in [0, 0.1) is 16.7 Å². The van der Waals surface area contributed by atoms with Gasteiger partial charge in [-0.05, 0) is 38.1 Å². The molecule has 5 heteroatoms. The number of pyridine rings is 1. The van der Waals surface area contributed by atoms with Gasteiger partial charge >= 0.3 is 0 Å². The minimum Gasteiger partial charge on any atom is -0.384 e. The summed E-state index contributed by atoms with van der Waals surface area (Å²) in [6.45, 7) is 3.54. The van der Waals surface area contributed by atoms with Gasteiger partial charge in [0.15, 0.2) is 0 Å². The van der Waals surface area contributed by atoms with Gasteiger partial charge in [0, 0.05) is 25.3 Å². The zero-order valence-corrected chi connectivity index (χ0v) is 11.3. The highest BCUT2D eigenvalue weighted by Crippen LogP contribution is 2.29. The van der Waals surface area contributed by atoms with Gasteiger partial charge in [-0.1, -0.05) is 0 Å². The van der Waals surface area contributed by atoms with E-state index in [0.29, 0.717) is 11.4 Å². The van der Waals surface area contributed by atoms with E-state index in [0.717, 1.165) is 39.1 Å². The number of aromatic nitrogens is 1. The molecule has 1 aliphatic heterocycles. The molecule has 1 aliphatic rings. The zero-order chi connectivity index (χ0) is 13.6. The second-order valence-electron chi connectivity index (χ2n) is 5.05. The zero-order valence-electron chi connectivity index (χ0n) is 11.3. The topological polar surface area (TPSA) is 70.0 Å².